The van der Waals surface area contributed by atoms with Gasteiger partial charge in [-0.05, 0) is 63.3 Å². The molecule has 1 amide bonds. The van der Waals surface area contributed by atoms with Gasteiger partial charge in [0.2, 0.25) is 5.91 Å². The number of carbonyl (C=O) groups is 1. The number of carbonyl (C=O) groups excluding carboxylic acids is 1. The van der Waals surface area contributed by atoms with E-state index in [-0.39, 0.29) is 11.8 Å². The maximum Gasteiger partial charge on any atom is 0.231 e. The Hall–Kier alpha value is -2.18. The van der Waals surface area contributed by atoms with Crippen LogP contribution in [0, 0.1) is 0 Å². The van der Waals surface area contributed by atoms with Crippen molar-refractivity contribution in [2.24, 2.45) is 0 Å². The van der Waals surface area contributed by atoms with E-state index in [4.69, 9.17) is 11.6 Å². The Labute approximate surface area is 209 Å². The number of anilines is 1. The first-order chi connectivity index (χ1) is 16.4. The second kappa shape index (κ2) is 11.0. The minimum Gasteiger partial charge on any atom is -0.353 e. The van der Waals surface area contributed by atoms with E-state index in [2.05, 4.69) is 47.5 Å². The lowest BCUT2D eigenvalue weighted by Gasteiger charge is -2.39. The van der Waals surface area contributed by atoms with Gasteiger partial charge in [-0.15, -0.1) is 0 Å². The van der Waals surface area contributed by atoms with Gasteiger partial charge in [-0.2, -0.15) is 0 Å². The van der Waals surface area contributed by atoms with Crippen molar-refractivity contribution in [1.82, 2.24) is 19.8 Å². The quantitative estimate of drug-likeness (QED) is 0.543. The Kier molecular flexibility index (Phi) is 8.10. The summed E-state index contributed by atoms with van der Waals surface area (Å²) in [5, 5.41) is 0.699. The number of halogens is 1. The molecule has 0 N–H and O–H groups in total. The molecule has 0 saturated carbocycles. The van der Waals surface area contributed by atoms with Crippen LogP contribution in [0.2, 0.25) is 5.02 Å². The first-order valence-electron chi connectivity index (χ1n) is 12.8. The molecule has 0 radical (unpaired) electrons. The molecule has 2 atom stereocenters. The van der Waals surface area contributed by atoms with Crippen molar-refractivity contribution in [1.29, 1.82) is 0 Å². The summed E-state index contributed by atoms with van der Waals surface area (Å²) in [6.07, 6.45) is 4.96. The maximum atomic E-state index is 13.9. The highest BCUT2D eigenvalue weighted by atomic mass is 35.5. The van der Waals surface area contributed by atoms with Gasteiger partial charge in [-0.1, -0.05) is 37.6 Å². The summed E-state index contributed by atoms with van der Waals surface area (Å²) in [5.74, 6) is 1.59. The summed E-state index contributed by atoms with van der Waals surface area (Å²) in [6, 6.07) is 8.20. The monoisotopic (exact) mass is 483 g/mol. The van der Waals surface area contributed by atoms with Gasteiger partial charge in [0.15, 0.2) is 0 Å². The van der Waals surface area contributed by atoms with Gasteiger partial charge in [0.1, 0.15) is 12.1 Å². The van der Waals surface area contributed by atoms with Gasteiger partial charge in [-0.25, -0.2) is 9.97 Å². The van der Waals surface area contributed by atoms with Gasteiger partial charge in [0.25, 0.3) is 0 Å². The number of nitrogens with zero attached hydrogens (tertiary/aromatic N) is 5. The number of piperazine rings is 1. The van der Waals surface area contributed by atoms with E-state index in [9.17, 15) is 4.79 Å². The minimum absolute atomic E-state index is 0.193. The number of rotatable bonds is 8. The van der Waals surface area contributed by atoms with Crippen molar-refractivity contribution in [3.05, 3.63) is 52.4 Å². The molecule has 34 heavy (non-hydrogen) atoms. The standard InChI is InChI=1S/C27H38ClN5O/c1-5-12-33(19(2)3)17-23(21-7-9-22(28)10-8-21)27(34)32-15-13-31(14-16-32)26-25-20(4)6-11-24(25)29-18-30-26/h7-10,18-20,23H,5-6,11-17H2,1-4H3/t20-,23-/m1/s1. The highest BCUT2D eigenvalue weighted by Crippen LogP contribution is 2.37. The Morgan fingerprint density at radius 2 is 1.85 bits per heavy atom. The van der Waals surface area contributed by atoms with Crippen LogP contribution in [0.25, 0.3) is 0 Å². The van der Waals surface area contributed by atoms with Crippen LogP contribution in [0.3, 0.4) is 0 Å². The second-order valence-electron chi connectivity index (χ2n) is 10.0. The van der Waals surface area contributed by atoms with E-state index in [1.54, 1.807) is 6.33 Å². The third-order valence-corrected chi connectivity index (χ3v) is 7.62. The summed E-state index contributed by atoms with van der Waals surface area (Å²) < 4.78 is 0. The first-order valence-corrected chi connectivity index (χ1v) is 13.1. The van der Waals surface area contributed by atoms with E-state index in [0.29, 0.717) is 30.1 Å². The molecule has 0 bridgehead atoms. The van der Waals surface area contributed by atoms with Crippen molar-refractivity contribution in [2.45, 2.75) is 64.8 Å². The van der Waals surface area contributed by atoms with Crippen LogP contribution in [0.4, 0.5) is 5.82 Å². The molecular formula is C27H38ClN5O. The molecule has 1 fully saturated rings. The number of benzene rings is 1. The van der Waals surface area contributed by atoms with Gasteiger partial charge < -0.3 is 9.80 Å². The smallest absolute Gasteiger partial charge is 0.231 e. The van der Waals surface area contributed by atoms with Crippen molar-refractivity contribution in [2.75, 3.05) is 44.2 Å². The molecule has 1 aromatic heterocycles. The molecule has 1 saturated heterocycles. The molecular weight excluding hydrogens is 446 g/mol. The zero-order chi connectivity index (χ0) is 24.2. The van der Waals surface area contributed by atoms with E-state index >= 15 is 0 Å². The Balaban J connectivity index is 1.49. The molecule has 0 unspecified atom stereocenters. The lowest BCUT2D eigenvalue weighted by atomic mass is 9.95. The molecule has 4 rings (SSSR count). The average Bonchev–Trinajstić information content (AvgIpc) is 3.23. The zero-order valence-corrected chi connectivity index (χ0v) is 21.8. The Bertz CT molecular complexity index is 971. The lowest BCUT2D eigenvalue weighted by Crippen LogP contribution is -2.52. The number of aromatic nitrogens is 2. The predicted molar refractivity (Wildman–Crippen MR) is 139 cm³/mol. The summed E-state index contributed by atoms with van der Waals surface area (Å²) in [5.41, 5.74) is 3.55. The van der Waals surface area contributed by atoms with Crippen LogP contribution in [0.1, 0.15) is 69.2 Å². The molecule has 2 aliphatic rings. The molecule has 2 heterocycles. The predicted octanol–water partition coefficient (Wildman–Crippen LogP) is 4.73. The van der Waals surface area contributed by atoms with Gasteiger partial charge in [0.05, 0.1) is 5.92 Å². The van der Waals surface area contributed by atoms with E-state index in [1.165, 1.54) is 11.3 Å². The molecule has 1 aliphatic carbocycles. The zero-order valence-electron chi connectivity index (χ0n) is 21.0. The summed E-state index contributed by atoms with van der Waals surface area (Å²) in [4.78, 5) is 29.8. The fourth-order valence-electron chi connectivity index (χ4n) is 5.34. The first kappa shape index (κ1) is 24.9. The summed E-state index contributed by atoms with van der Waals surface area (Å²) in [7, 11) is 0. The highest BCUT2D eigenvalue weighted by Gasteiger charge is 2.33. The van der Waals surface area contributed by atoms with Crippen LogP contribution in [-0.2, 0) is 11.2 Å². The number of hydrogen-bond donors (Lipinski definition) is 0. The number of aryl methyl sites for hydroxylation is 1. The van der Waals surface area contributed by atoms with E-state index < -0.39 is 0 Å². The Morgan fingerprint density at radius 3 is 2.50 bits per heavy atom. The second-order valence-corrected chi connectivity index (χ2v) is 10.4. The van der Waals surface area contributed by atoms with Gasteiger partial charge >= 0.3 is 0 Å². The normalized spacial score (nSPS) is 19.1. The SMILES string of the molecule is CCCN(C[C@@H](C(=O)N1CCN(c2ncnc3c2[C@H](C)CC3)CC1)c1ccc(Cl)cc1)C(C)C. The topological polar surface area (TPSA) is 52.6 Å². The average molecular weight is 484 g/mol. The van der Waals surface area contributed by atoms with E-state index in [1.807, 2.05) is 29.2 Å². The third kappa shape index (κ3) is 5.38. The minimum atomic E-state index is -0.193. The highest BCUT2D eigenvalue weighted by molar-refractivity contribution is 6.30. The van der Waals surface area contributed by atoms with Crippen molar-refractivity contribution >= 4 is 23.3 Å². The maximum absolute atomic E-state index is 13.9. The molecule has 2 aromatic rings. The van der Waals surface area contributed by atoms with Crippen molar-refractivity contribution in [3.63, 3.8) is 0 Å². The molecule has 0 spiro atoms. The molecule has 1 aliphatic heterocycles. The molecule has 184 valence electrons. The number of fused-ring (bicyclic) bond motifs is 1. The molecule has 7 heteroatoms. The van der Waals surface area contributed by atoms with Crippen molar-refractivity contribution < 1.29 is 4.79 Å². The fraction of sp³-hybridized carbons (Fsp3) is 0.593. The fourth-order valence-corrected chi connectivity index (χ4v) is 5.46. The Morgan fingerprint density at radius 1 is 1.15 bits per heavy atom. The van der Waals surface area contributed by atoms with Gasteiger partial charge in [-0.3, -0.25) is 9.69 Å². The third-order valence-electron chi connectivity index (χ3n) is 7.37. The summed E-state index contributed by atoms with van der Waals surface area (Å²) >= 11 is 6.15. The molecule has 1 aromatic carbocycles. The number of amides is 1. The van der Waals surface area contributed by atoms with Gasteiger partial charge in [0, 0.05) is 55.0 Å². The van der Waals surface area contributed by atoms with Crippen LogP contribution in [0.15, 0.2) is 30.6 Å². The van der Waals surface area contributed by atoms with Crippen LogP contribution < -0.4 is 4.90 Å². The number of hydrogen-bond acceptors (Lipinski definition) is 5. The summed E-state index contributed by atoms with van der Waals surface area (Å²) in [6.45, 7) is 13.6. The van der Waals surface area contributed by atoms with E-state index in [0.717, 1.165) is 56.8 Å². The largest absolute Gasteiger partial charge is 0.353 e. The molecule has 6 nitrogen and oxygen atoms in total. The van der Waals surface area contributed by atoms with Crippen LogP contribution in [0.5, 0.6) is 0 Å². The van der Waals surface area contributed by atoms with Crippen molar-refractivity contribution in [3.8, 4) is 0 Å². The van der Waals surface area contributed by atoms with Crippen LogP contribution >= 0.6 is 11.6 Å². The van der Waals surface area contributed by atoms with Crippen LogP contribution in [-0.4, -0.2) is 71.0 Å². The lowest BCUT2D eigenvalue weighted by molar-refractivity contribution is -0.133.